The van der Waals surface area contributed by atoms with Crippen molar-refractivity contribution in [1.29, 1.82) is 0 Å². The Morgan fingerprint density at radius 3 is 2.80 bits per heavy atom. The highest BCUT2D eigenvalue weighted by Gasteiger charge is 2.22. The molecule has 0 unspecified atom stereocenters. The average Bonchev–Trinajstić information content (AvgIpc) is 3.10. The Hall–Kier alpha value is -2.11. The van der Waals surface area contributed by atoms with Crippen LogP contribution in [0.3, 0.4) is 0 Å². The monoisotopic (exact) mass is 362 g/mol. The van der Waals surface area contributed by atoms with Crippen LogP contribution < -0.4 is 4.74 Å². The summed E-state index contributed by atoms with van der Waals surface area (Å²) in [5.74, 6) is 0.0123. The van der Waals surface area contributed by atoms with Crippen molar-refractivity contribution in [2.45, 2.75) is 25.5 Å². The van der Waals surface area contributed by atoms with E-state index in [0.717, 1.165) is 43.2 Å². The van der Waals surface area contributed by atoms with E-state index in [1.165, 1.54) is 11.6 Å². The largest absolute Gasteiger partial charge is 0.487 e. The van der Waals surface area contributed by atoms with Crippen molar-refractivity contribution in [1.82, 2.24) is 9.88 Å². The molecule has 1 aromatic carbocycles. The van der Waals surface area contributed by atoms with Gasteiger partial charge in [-0.05, 0) is 42.5 Å². The second kappa shape index (κ2) is 7.85. The van der Waals surface area contributed by atoms with E-state index < -0.39 is 0 Å². The van der Waals surface area contributed by atoms with Gasteiger partial charge in [-0.3, -0.25) is 9.88 Å². The predicted molar refractivity (Wildman–Crippen MR) is 96.6 cm³/mol. The first kappa shape index (κ1) is 17.7. The number of aromatic nitrogens is 1. The third-order valence-corrected chi connectivity index (χ3v) is 4.51. The highest BCUT2D eigenvalue weighted by Crippen LogP contribution is 2.27. The lowest BCUT2D eigenvalue weighted by Gasteiger charge is -2.31. The highest BCUT2D eigenvalue weighted by molar-refractivity contribution is 5.85. The summed E-state index contributed by atoms with van der Waals surface area (Å²) in [4.78, 5) is 6.39. The van der Waals surface area contributed by atoms with Crippen molar-refractivity contribution in [3.8, 4) is 5.75 Å². The molecule has 25 heavy (non-hydrogen) atoms. The molecule has 4 nitrogen and oxygen atoms in total. The number of furan rings is 1. The van der Waals surface area contributed by atoms with Crippen molar-refractivity contribution in [3.63, 3.8) is 0 Å². The first-order valence-electron chi connectivity index (χ1n) is 8.21. The summed E-state index contributed by atoms with van der Waals surface area (Å²) in [6.45, 7) is 2.77. The number of hydrogen-bond donors (Lipinski definition) is 0. The lowest BCUT2D eigenvalue weighted by Crippen LogP contribution is -2.37. The summed E-state index contributed by atoms with van der Waals surface area (Å²) in [6.07, 6.45) is 8.69. The first-order chi connectivity index (χ1) is 11.8. The average molecular weight is 363 g/mol. The topological polar surface area (TPSA) is 38.5 Å². The van der Waals surface area contributed by atoms with Crippen LogP contribution in [0.4, 0.5) is 4.39 Å². The molecule has 2 aromatic heterocycles. The van der Waals surface area contributed by atoms with Crippen molar-refractivity contribution in [2.24, 2.45) is 0 Å². The Bertz CT molecular complexity index is 817. The number of hydrogen-bond acceptors (Lipinski definition) is 4. The Morgan fingerprint density at radius 1 is 1.20 bits per heavy atom. The molecule has 1 aliphatic heterocycles. The Kier molecular flexibility index (Phi) is 5.56. The van der Waals surface area contributed by atoms with Crippen LogP contribution >= 0.6 is 12.4 Å². The maximum Gasteiger partial charge on any atom is 0.165 e. The molecule has 3 heterocycles. The van der Waals surface area contributed by atoms with Crippen LogP contribution in [-0.4, -0.2) is 29.1 Å². The minimum absolute atomic E-state index is 0. The molecule has 0 N–H and O–H groups in total. The Labute approximate surface area is 152 Å². The number of ether oxygens (including phenoxy) is 1. The standard InChI is InChI=1S/C19H19FN2O2.ClH/c20-18-9-16-11-21-5-1-15(16)10-19(18)24-17-2-6-22(7-3-17)12-14-4-8-23-13-14;/h1,4-5,8-11,13,17H,2-3,6-7,12H2;1H. The van der Waals surface area contributed by atoms with Gasteiger partial charge in [0.15, 0.2) is 11.6 Å². The van der Waals surface area contributed by atoms with E-state index in [-0.39, 0.29) is 24.3 Å². The summed E-state index contributed by atoms with van der Waals surface area (Å²) in [7, 11) is 0. The van der Waals surface area contributed by atoms with Crippen molar-refractivity contribution in [3.05, 3.63) is 60.6 Å². The van der Waals surface area contributed by atoms with E-state index in [0.29, 0.717) is 5.75 Å². The first-order valence-corrected chi connectivity index (χ1v) is 8.21. The van der Waals surface area contributed by atoms with Crippen LogP contribution in [0.2, 0.25) is 0 Å². The van der Waals surface area contributed by atoms with Crippen molar-refractivity contribution < 1.29 is 13.5 Å². The normalized spacial score (nSPS) is 15.9. The zero-order chi connectivity index (χ0) is 16.4. The smallest absolute Gasteiger partial charge is 0.165 e. The number of benzene rings is 1. The lowest BCUT2D eigenvalue weighted by atomic mass is 10.1. The number of likely N-dealkylation sites (tertiary alicyclic amines) is 1. The molecule has 0 atom stereocenters. The summed E-state index contributed by atoms with van der Waals surface area (Å²) in [6, 6.07) is 7.12. The fraction of sp³-hybridized carbons (Fsp3) is 0.316. The molecule has 0 saturated carbocycles. The molecule has 1 saturated heterocycles. The number of piperidine rings is 1. The van der Waals surface area contributed by atoms with Gasteiger partial charge >= 0.3 is 0 Å². The van der Waals surface area contributed by atoms with Crippen LogP contribution in [-0.2, 0) is 6.54 Å². The molecule has 0 bridgehead atoms. The van der Waals surface area contributed by atoms with E-state index in [4.69, 9.17) is 9.15 Å². The third-order valence-electron chi connectivity index (χ3n) is 4.51. The zero-order valence-corrected chi connectivity index (χ0v) is 14.5. The molecular formula is C19H20ClFN2O2. The molecule has 0 amide bonds. The van der Waals surface area contributed by atoms with Crippen LogP contribution in [0.5, 0.6) is 5.75 Å². The molecule has 6 heteroatoms. The lowest BCUT2D eigenvalue weighted by molar-refractivity contribution is 0.0936. The molecule has 1 fully saturated rings. The highest BCUT2D eigenvalue weighted by atomic mass is 35.5. The van der Waals surface area contributed by atoms with Crippen LogP contribution in [0.1, 0.15) is 18.4 Å². The molecule has 3 aromatic rings. The molecule has 0 spiro atoms. The molecular weight excluding hydrogens is 343 g/mol. The molecule has 132 valence electrons. The number of rotatable bonds is 4. The van der Waals surface area contributed by atoms with E-state index in [1.54, 1.807) is 31.0 Å². The summed E-state index contributed by atoms with van der Waals surface area (Å²) >= 11 is 0. The quantitative estimate of drug-likeness (QED) is 0.688. The van der Waals surface area contributed by atoms with Crippen LogP contribution in [0.15, 0.2) is 53.6 Å². The van der Waals surface area contributed by atoms with Gasteiger partial charge < -0.3 is 9.15 Å². The van der Waals surface area contributed by atoms with E-state index >= 15 is 0 Å². The minimum Gasteiger partial charge on any atom is -0.487 e. The van der Waals surface area contributed by atoms with Gasteiger partial charge in [-0.1, -0.05) is 0 Å². The fourth-order valence-corrected chi connectivity index (χ4v) is 3.18. The molecule has 0 aliphatic carbocycles. The summed E-state index contributed by atoms with van der Waals surface area (Å²) < 4.78 is 25.3. The van der Waals surface area contributed by atoms with Gasteiger partial charge in [0.2, 0.25) is 0 Å². The van der Waals surface area contributed by atoms with E-state index in [1.807, 2.05) is 12.1 Å². The second-order valence-electron chi connectivity index (χ2n) is 6.23. The summed E-state index contributed by atoms with van der Waals surface area (Å²) in [5.41, 5.74) is 1.18. The van der Waals surface area contributed by atoms with Crippen LogP contribution in [0, 0.1) is 5.82 Å². The van der Waals surface area contributed by atoms with Crippen LogP contribution in [0.25, 0.3) is 10.8 Å². The van der Waals surface area contributed by atoms with Crippen molar-refractivity contribution in [2.75, 3.05) is 13.1 Å². The van der Waals surface area contributed by atoms with Gasteiger partial charge in [-0.25, -0.2) is 4.39 Å². The van der Waals surface area contributed by atoms with Gasteiger partial charge in [0.1, 0.15) is 6.10 Å². The Morgan fingerprint density at radius 2 is 2.04 bits per heavy atom. The maximum absolute atomic E-state index is 14.2. The SMILES string of the molecule is Cl.Fc1cc2cnccc2cc1OC1CCN(Cc2ccoc2)CC1. The zero-order valence-electron chi connectivity index (χ0n) is 13.7. The van der Waals surface area contributed by atoms with Gasteiger partial charge in [-0.2, -0.15) is 0 Å². The van der Waals surface area contributed by atoms with Gasteiger partial charge in [-0.15, -0.1) is 12.4 Å². The number of pyridine rings is 1. The van der Waals surface area contributed by atoms with E-state index in [2.05, 4.69) is 9.88 Å². The second-order valence-corrected chi connectivity index (χ2v) is 6.23. The Balaban J connectivity index is 0.00000182. The van der Waals surface area contributed by atoms with Crippen molar-refractivity contribution >= 4 is 23.2 Å². The molecule has 1 aliphatic rings. The number of halogens is 2. The maximum atomic E-state index is 14.2. The predicted octanol–water partition coefficient (Wildman–Crippen LogP) is 4.43. The number of nitrogens with zero attached hydrogens (tertiary/aromatic N) is 2. The fourth-order valence-electron chi connectivity index (χ4n) is 3.18. The van der Waals surface area contributed by atoms with Gasteiger partial charge in [0.05, 0.1) is 12.5 Å². The molecule has 0 radical (unpaired) electrons. The summed E-state index contributed by atoms with van der Waals surface area (Å²) in [5, 5.41) is 1.73. The van der Waals surface area contributed by atoms with Gasteiger partial charge in [0.25, 0.3) is 0 Å². The third kappa shape index (κ3) is 4.11. The number of fused-ring (bicyclic) bond motifs is 1. The minimum atomic E-state index is -0.323. The van der Waals surface area contributed by atoms with E-state index in [9.17, 15) is 4.39 Å². The molecule has 4 rings (SSSR count). The van der Waals surface area contributed by atoms with Gasteiger partial charge in [0, 0.05) is 43.0 Å².